The molecule has 0 heterocycles. The second-order valence-corrected chi connectivity index (χ2v) is 3.69. The second-order valence-electron chi connectivity index (χ2n) is 1.17. The SMILES string of the molecule is O=C(Cl)C(=O)OOC(Cl)(Cl)Cl. The maximum absolute atomic E-state index is 10.2. The van der Waals surface area contributed by atoms with Gasteiger partial charge in [-0.3, -0.25) is 9.68 Å². The lowest BCUT2D eigenvalue weighted by molar-refractivity contribution is -0.273. The number of carbonyl (C=O) groups excluding carboxylic acids is 2. The summed E-state index contributed by atoms with van der Waals surface area (Å²) in [7, 11) is 0. The largest absolute Gasteiger partial charge is 0.424 e. The lowest BCUT2D eigenvalue weighted by Gasteiger charge is -2.07. The first-order valence-electron chi connectivity index (χ1n) is 1.99. The van der Waals surface area contributed by atoms with Crippen LogP contribution < -0.4 is 0 Å². The molecule has 0 bridgehead atoms. The third-order valence-electron chi connectivity index (χ3n) is 0.372. The fourth-order valence-corrected chi connectivity index (χ4v) is 0.244. The monoisotopic (exact) mass is 240 g/mol. The number of hydrogen-bond donors (Lipinski definition) is 0. The van der Waals surface area contributed by atoms with Crippen LogP contribution in [-0.2, 0) is 19.4 Å². The molecule has 0 aromatic rings. The van der Waals surface area contributed by atoms with Crippen LogP contribution in [0.15, 0.2) is 0 Å². The van der Waals surface area contributed by atoms with Crippen LogP contribution in [-0.4, -0.2) is 15.2 Å². The average molecular weight is 242 g/mol. The van der Waals surface area contributed by atoms with E-state index in [2.05, 4.69) is 21.4 Å². The van der Waals surface area contributed by atoms with E-state index in [-0.39, 0.29) is 0 Å². The van der Waals surface area contributed by atoms with Crippen molar-refractivity contribution >= 4 is 57.6 Å². The molecule has 0 aliphatic rings. The summed E-state index contributed by atoms with van der Waals surface area (Å²) in [5, 5.41) is -1.38. The maximum atomic E-state index is 10.2. The molecule has 0 fully saturated rings. The van der Waals surface area contributed by atoms with Crippen LogP contribution >= 0.6 is 46.4 Å². The zero-order chi connectivity index (χ0) is 9.07. The van der Waals surface area contributed by atoms with Gasteiger partial charge in [0, 0.05) is 0 Å². The molecule has 0 rings (SSSR count). The van der Waals surface area contributed by atoms with Gasteiger partial charge in [0.25, 0.3) is 0 Å². The van der Waals surface area contributed by atoms with Gasteiger partial charge in [-0.25, -0.2) is 4.79 Å². The van der Waals surface area contributed by atoms with Crippen LogP contribution in [0.1, 0.15) is 0 Å². The summed E-state index contributed by atoms with van der Waals surface area (Å²) < 4.78 is -2.22. The summed E-state index contributed by atoms with van der Waals surface area (Å²) in [5.74, 6) is -1.46. The molecule has 0 aromatic carbocycles. The summed E-state index contributed by atoms with van der Waals surface area (Å²) >= 11 is 19.5. The van der Waals surface area contributed by atoms with Gasteiger partial charge in [0.2, 0.25) is 0 Å². The molecule has 0 atom stereocenters. The Labute approximate surface area is 81.2 Å². The fourth-order valence-electron chi connectivity index (χ4n) is 0.118. The smallest absolute Gasteiger partial charge is 0.283 e. The highest BCUT2D eigenvalue weighted by atomic mass is 35.6. The first-order chi connectivity index (χ1) is 4.83. The summed E-state index contributed by atoms with van der Waals surface area (Å²) in [5.41, 5.74) is 0. The lowest BCUT2D eigenvalue weighted by Crippen LogP contribution is -2.18. The van der Waals surface area contributed by atoms with Gasteiger partial charge >= 0.3 is 15.2 Å². The molecule has 0 aliphatic carbocycles. The minimum atomic E-state index is -2.22. The van der Waals surface area contributed by atoms with E-state index in [1.165, 1.54) is 0 Å². The minimum absolute atomic E-state index is 1.38. The number of hydrogen-bond acceptors (Lipinski definition) is 4. The van der Waals surface area contributed by atoms with Gasteiger partial charge in [0.15, 0.2) is 0 Å². The number of alkyl halides is 3. The Bertz CT molecular complexity index is 173. The van der Waals surface area contributed by atoms with E-state index in [0.29, 0.717) is 0 Å². The van der Waals surface area contributed by atoms with Crippen molar-refractivity contribution < 1.29 is 19.4 Å². The molecule has 4 nitrogen and oxygen atoms in total. The molecular formula is C3Cl4O4. The van der Waals surface area contributed by atoms with Crippen LogP contribution in [0.25, 0.3) is 0 Å². The zero-order valence-corrected chi connectivity index (χ0v) is 7.67. The molecule has 0 aliphatic heterocycles. The quantitative estimate of drug-likeness (QED) is 0.242. The van der Waals surface area contributed by atoms with Crippen LogP contribution in [0, 0.1) is 0 Å². The molecule has 64 valence electrons. The summed E-state index contributed by atoms with van der Waals surface area (Å²) in [6.07, 6.45) is 0. The van der Waals surface area contributed by atoms with Crippen LogP contribution in [0.5, 0.6) is 0 Å². The van der Waals surface area contributed by atoms with E-state index in [1.54, 1.807) is 0 Å². The van der Waals surface area contributed by atoms with E-state index >= 15 is 0 Å². The van der Waals surface area contributed by atoms with Crippen molar-refractivity contribution in [3.63, 3.8) is 0 Å². The van der Waals surface area contributed by atoms with Gasteiger partial charge < -0.3 is 0 Å². The van der Waals surface area contributed by atoms with Crippen molar-refractivity contribution in [1.82, 2.24) is 0 Å². The highest BCUT2D eigenvalue weighted by Gasteiger charge is 2.26. The molecule has 0 N–H and O–H groups in total. The lowest BCUT2D eigenvalue weighted by atomic mass is 10.8. The van der Waals surface area contributed by atoms with Crippen molar-refractivity contribution in [3.8, 4) is 0 Å². The van der Waals surface area contributed by atoms with Gasteiger partial charge in [-0.2, -0.15) is 0 Å². The average Bonchev–Trinajstić information content (AvgIpc) is 1.80. The summed E-state index contributed by atoms with van der Waals surface area (Å²) in [4.78, 5) is 27.6. The molecule has 0 amide bonds. The van der Waals surface area contributed by atoms with Gasteiger partial charge in [-0.1, -0.05) is 0 Å². The predicted octanol–water partition coefficient (Wildman–Crippen LogP) is 1.55. The van der Waals surface area contributed by atoms with Crippen molar-refractivity contribution in [2.75, 3.05) is 0 Å². The molecule has 8 heteroatoms. The molecular weight excluding hydrogens is 242 g/mol. The van der Waals surface area contributed by atoms with Crippen LogP contribution in [0.4, 0.5) is 0 Å². The highest BCUT2D eigenvalue weighted by molar-refractivity contribution is 6.80. The minimum Gasteiger partial charge on any atom is -0.283 e. The molecule has 0 saturated carbocycles. The van der Waals surface area contributed by atoms with Gasteiger partial charge in [-0.05, 0) is 46.4 Å². The van der Waals surface area contributed by atoms with Crippen molar-refractivity contribution in [2.24, 2.45) is 0 Å². The molecule has 0 spiro atoms. The highest BCUT2D eigenvalue weighted by Crippen LogP contribution is 2.27. The van der Waals surface area contributed by atoms with Crippen molar-refractivity contribution in [2.45, 2.75) is 3.98 Å². The fraction of sp³-hybridized carbons (Fsp3) is 0.333. The summed E-state index contributed by atoms with van der Waals surface area (Å²) in [6.45, 7) is 0. The van der Waals surface area contributed by atoms with Gasteiger partial charge in [0.1, 0.15) is 0 Å². The normalized spacial score (nSPS) is 10.9. The maximum Gasteiger partial charge on any atom is 0.424 e. The molecule has 0 unspecified atom stereocenters. The van der Waals surface area contributed by atoms with Crippen molar-refractivity contribution in [1.29, 1.82) is 0 Å². The Kier molecular flexibility index (Phi) is 4.43. The Morgan fingerprint density at radius 2 is 1.64 bits per heavy atom. The van der Waals surface area contributed by atoms with Crippen LogP contribution in [0.3, 0.4) is 0 Å². The second kappa shape index (κ2) is 4.33. The predicted molar refractivity (Wildman–Crippen MR) is 38.3 cm³/mol. The third kappa shape index (κ3) is 6.65. The van der Waals surface area contributed by atoms with E-state index in [0.717, 1.165) is 0 Å². The van der Waals surface area contributed by atoms with E-state index < -0.39 is 15.2 Å². The van der Waals surface area contributed by atoms with Crippen LogP contribution in [0.2, 0.25) is 0 Å². The van der Waals surface area contributed by atoms with E-state index in [9.17, 15) is 9.59 Å². The van der Waals surface area contributed by atoms with E-state index in [1.807, 2.05) is 0 Å². The Hall–Kier alpha value is 0.260. The van der Waals surface area contributed by atoms with Crippen molar-refractivity contribution in [3.05, 3.63) is 0 Å². The Morgan fingerprint density at radius 1 is 1.18 bits per heavy atom. The Morgan fingerprint density at radius 3 is 1.91 bits per heavy atom. The molecule has 0 radical (unpaired) electrons. The summed E-state index contributed by atoms with van der Waals surface area (Å²) in [6, 6.07) is 0. The molecule has 0 saturated heterocycles. The van der Waals surface area contributed by atoms with Gasteiger partial charge in [-0.15, -0.1) is 4.89 Å². The first-order valence-corrected chi connectivity index (χ1v) is 3.50. The number of carbonyl (C=O) groups is 2. The zero-order valence-electron chi connectivity index (χ0n) is 4.64. The molecule has 0 aromatic heterocycles. The first kappa shape index (κ1) is 11.3. The number of rotatable bonds is 2. The van der Waals surface area contributed by atoms with Gasteiger partial charge in [0.05, 0.1) is 0 Å². The Balaban J connectivity index is 3.73. The topological polar surface area (TPSA) is 52.6 Å². The van der Waals surface area contributed by atoms with E-state index in [4.69, 9.17) is 34.8 Å². The molecule has 11 heavy (non-hydrogen) atoms. The third-order valence-corrected chi connectivity index (χ3v) is 0.716. The standard InChI is InChI=1S/C3Cl4O4/c4-1(8)2(9)10-11-3(5,6)7. The number of halogens is 4.